The Bertz CT molecular complexity index is 855. The lowest BCUT2D eigenvalue weighted by molar-refractivity contribution is 0.0235. The summed E-state index contributed by atoms with van der Waals surface area (Å²) < 4.78 is 46.6. The Hall–Kier alpha value is -2.61. The van der Waals surface area contributed by atoms with Gasteiger partial charge in [0.25, 0.3) is 5.91 Å². The fourth-order valence-electron chi connectivity index (χ4n) is 3.32. The second-order valence-electron chi connectivity index (χ2n) is 7.08. The molecule has 1 N–H and O–H groups in total. The molecule has 0 radical (unpaired) electrons. The molecule has 0 spiro atoms. The molecule has 0 aliphatic carbocycles. The Kier molecular flexibility index (Phi) is 5.88. The summed E-state index contributed by atoms with van der Waals surface area (Å²) >= 11 is 0. The fourth-order valence-corrected chi connectivity index (χ4v) is 3.32. The highest BCUT2D eigenvalue weighted by molar-refractivity contribution is 6.04. The van der Waals surface area contributed by atoms with Crippen LogP contribution in [0.3, 0.4) is 0 Å². The summed E-state index contributed by atoms with van der Waals surface area (Å²) in [5, 5.41) is 2.32. The predicted octanol–water partition coefficient (Wildman–Crippen LogP) is 3.86. The van der Waals surface area contributed by atoms with E-state index in [1.54, 1.807) is 12.1 Å². The number of rotatable bonds is 4. The first-order valence-corrected chi connectivity index (χ1v) is 9.06. The van der Waals surface area contributed by atoms with Gasteiger partial charge in [-0.3, -0.25) is 4.79 Å². The van der Waals surface area contributed by atoms with Crippen LogP contribution in [-0.2, 0) is 0 Å². The number of hydrogen-bond acceptors (Lipinski definition) is 4. The zero-order valence-corrected chi connectivity index (χ0v) is 15.9. The average Bonchev–Trinajstić information content (AvgIpc) is 2.61. The maximum Gasteiger partial charge on any atom is 0.262 e. The van der Waals surface area contributed by atoms with Gasteiger partial charge in [-0.2, -0.15) is 4.98 Å². The van der Waals surface area contributed by atoms with Crippen LogP contribution in [0.1, 0.15) is 30.6 Å². The molecule has 1 aliphatic heterocycles. The van der Waals surface area contributed by atoms with E-state index in [1.165, 1.54) is 6.07 Å². The molecular weight excluding hydrogens is 371 g/mol. The van der Waals surface area contributed by atoms with Crippen molar-refractivity contribution in [2.24, 2.45) is 5.92 Å². The standard InChI is InChI=1S/C20H22F3N3O2/c1-11-12(2)26(3)8-7-16(11)28-18-6-4-5-17(24-18)25-20(27)19-14(22)9-13(21)10-15(19)23/h4-6,9-12,16H,7-8H2,1-3H3,(H,24,25,27). The molecule has 3 unspecified atom stereocenters. The van der Waals surface area contributed by atoms with Gasteiger partial charge in [-0.15, -0.1) is 0 Å². The lowest BCUT2D eigenvalue weighted by atomic mass is 9.89. The second-order valence-corrected chi connectivity index (χ2v) is 7.08. The topological polar surface area (TPSA) is 54.5 Å². The van der Waals surface area contributed by atoms with E-state index in [0.29, 0.717) is 24.1 Å². The highest BCUT2D eigenvalue weighted by Gasteiger charge is 2.32. The van der Waals surface area contributed by atoms with Crippen molar-refractivity contribution in [1.82, 2.24) is 9.88 Å². The first kappa shape index (κ1) is 20.1. The van der Waals surface area contributed by atoms with Crippen LogP contribution in [0.2, 0.25) is 0 Å². The van der Waals surface area contributed by atoms with Crippen molar-refractivity contribution in [2.45, 2.75) is 32.4 Å². The van der Waals surface area contributed by atoms with E-state index >= 15 is 0 Å². The lowest BCUT2D eigenvalue weighted by Gasteiger charge is -2.40. The maximum atomic E-state index is 13.8. The first-order valence-electron chi connectivity index (χ1n) is 9.06. The van der Waals surface area contributed by atoms with Crippen molar-refractivity contribution in [1.29, 1.82) is 0 Å². The third kappa shape index (κ3) is 4.27. The number of anilines is 1. The summed E-state index contributed by atoms with van der Waals surface area (Å²) in [7, 11) is 2.07. The van der Waals surface area contributed by atoms with E-state index in [9.17, 15) is 18.0 Å². The Morgan fingerprint density at radius 2 is 1.89 bits per heavy atom. The normalized spacial score (nSPS) is 22.7. The Balaban J connectivity index is 1.73. The Morgan fingerprint density at radius 3 is 2.57 bits per heavy atom. The van der Waals surface area contributed by atoms with E-state index in [2.05, 4.69) is 36.1 Å². The van der Waals surface area contributed by atoms with Crippen molar-refractivity contribution in [3.05, 3.63) is 53.3 Å². The third-order valence-corrected chi connectivity index (χ3v) is 5.28. The number of piperidine rings is 1. The zero-order valence-electron chi connectivity index (χ0n) is 15.9. The van der Waals surface area contributed by atoms with Crippen molar-refractivity contribution >= 4 is 11.7 Å². The number of benzene rings is 1. The molecule has 1 amide bonds. The first-order chi connectivity index (χ1) is 13.3. The summed E-state index contributed by atoms with van der Waals surface area (Å²) in [6.07, 6.45) is 0.809. The number of halogens is 3. The second kappa shape index (κ2) is 8.18. The minimum Gasteiger partial charge on any atom is -0.474 e. The number of carbonyl (C=O) groups excluding carboxylic acids is 1. The van der Waals surface area contributed by atoms with Crippen molar-refractivity contribution in [3.63, 3.8) is 0 Å². The van der Waals surface area contributed by atoms with Crippen LogP contribution in [0.4, 0.5) is 19.0 Å². The summed E-state index contributed by atoms with van der Waals surface area (Å²) in [4.78, 5) is 18.7. The summed E-state index contributed by atoms with van der Waals surface area (Å²) in [5.74, 6) is -4.04. The minimum absolute atomic E-state index is 0.0309. The molecule has 1 aromatic carbocycles. The quantitative estimate of drug-likeness (QED) is 0.857. The molecule has 1 fully saturated rings. The number of ether oxygens (including phenoxy) is 1. The van der Waals surface area contributed by atoms with E-state index in [-0.39, 0.29) is 17.8 Å². The van der Waals surface area contributed by atoms with E-state index in [4.69, 9.17) is 4.74 Å². The van der Waals surface area contributed by atoms with Gasteiger partial charge < -0.3 is 15.0 Å². The zero-order chi connectivity index (χ0) is 20.4. The fraction of sp³-hybridized carbons (Fsp3) is 0.400. The molecule has 3 rings (SSSR count). The van der Waals surface area contributed by atoms with Crippen LogP contribution >= 0.6 is 0 Å². The van der Waals surface area contributed by atoms with Crippen LogP contribution in [0, 0.1) is 23.4 Å². The van der Waals surface area contributed by atoms with Crippen molar-refractivity contribution < 1.29 is 22.7 Å². The van der Waals surface area contributed by atoms with Gasteiger partial charge in [-0.25, -0.2) is 13.2 Å². The third-order valence-electron chi connectivity index (χ3n) is 5.28. The number of aromatic nitrogens is 1. The maximum absolute atomic E-state index is 13.8. The van der Waals surface area contributed by atoms with Crippen LogP contribution in [0.15, 0.2) is 30.3 Å². The molecule has 5 nitrogen and oxygen atoms in total. The summed E-state index contributed by atoms with van der Waals surface area (Å²) in [5.41, 5.74) is -0.868. The largest absolute Gasteiger partial charge is 0.474 e. The van der Waals surface area contributed by atoms with Gasteiger partial charge in [0, 0.05) is 36.7 Å². The number of nitrogens with zero attached hydrogens (tertiary/aromatic N) is 2. The van der Waals surface area contributed by atoms with Crippen LogP contribution in [0.5, 0.6) is 5.88 Å². The molecule has 3 atom stereocenters. The molecule has 1 aliphatic rings. The molecule has 0 saturated carbocycles. The van der Waals surface area contributed by atoms with E-state index < -0.39 is 28.9 Å². The number of likely N-dealkylation sites (tertiary alicyclic amines) is 1. The van der Waals surface area contributed by atoms with Crippen molar-refractivity contribution in [2.75, 3.05) is 18.9 Å². The molecule has 1 aromatic heterocycles. The molecular formula is C20H22F3N3O2. The van der Waals surface area contributed by atoms with Gasteiger partial charge >= 0.3 is 0 Å². The number of hydrogen-bond donors (Lipinski definition) is 1. The molecule has 2 heterocycles. The number of pyridine rings is 1. The number of carbonyl (C=O) groups is 1. The van der Waals surface area contributed by atoms with Gasteiger partial charge in [-0.05, 0) is 26.5 Å². The van der Waals surface area contributed by atoms with Gasteiger partial charge in [0.1, 0.15) is 34.9 Å². The van der Waals surface area contributed by atoms with Crippen molar-refractivity contribution in [3.8, 4) is 5.88 Å². The van der Waals surface area contributed by atoms with Gasteiger partial charge in [0.15, 0.2) is 0 Å². The summed E-state index contributed by atoms with van der Waals surface area (Å²) in [6, 6.07) is 6.01. The predicted molar refractivity (Wildman–Crippen MR) is 98.8 cm³/mol. The molecule has 2 aromatic rings. The van der Waals surface area contributed by atoms with E-state index in [1.807, 2.05) is 0 Å². The van der Waals surface area contributed by atoms with Crippen LogP contribution < -0.4 is 10.1 Å². The SMILES string of the molecule is CC1C(Oc2cccc(NC(=O)c3c(F)cc(F)cc3F)n2)CCN(C)C1C. The van der Waals surface area contributed by atoms with Gasteiger partial charge in [0.2, 0.25) is 5.88 Å². The summed E-state index contributed by atoms with van der Waals surface area (Å²) in [6.45, 7) is 5.14. The average molecular weight is 393 g/mol. The molecule has 1 saturated heterocycles. The molecule has 28 heavy (non-hydrogen) atoms. The smallest absolute Gasteiger partial charge is 0.262 e. The van der Waals surface area contributed by atoms with Gasteiger partial charge in [0.05, 0.1) is 0 Å². The lowest BCUT2D eigenvalue weighted by Crippen LogP contribution is -2.48. The van der Waals surface area contributed by atoms with Crippen LogP contribution in [-0.4, -0.2) is 41.5 Å². The number of amides is 1. The Labute approximate surface area is 161 Å². The Morgan fingerprint density at radius 1 is 1.21 bits per heavy atom. The monoisotopic (exact) mass is 393 g/mol. The van der Waals surface area contributed by atoms with E-state index in [0.717, 1.165) is 13.0 Å². The molecule has 150 valence electrons. The highest BCUT2D eigenvalue weighted by Crippen LogP contribution is 2.26. The molecule has 8 heteroatoms. The minimum atomic E-state index is -1.28. The van der Waals surface area contributed by atoms with Gasteiger partial charge in [-0.1, -0.05) is 13.0 Å². The highest BCUT2D eigenvalue weighted by atomic mass is 19.1. The number of nitrogens with one attached hydrogen (secondary N) is 1. The van der Waals surface area contributed by atoms with Crippen LogP contribution in [0.25, 0.3) is 0 Å². The molecule has 0 bridgehead atoms.